The molecule has 0 saturated carbocycles. The highest BCUT2D eigenvalue weighted by Crippen LogP contribution is 2.22. The number of benzene rings is 2. The molecule has 106 valence electrons. The van der Waals surface area contributed by atoms with Crippen molar-refractivity contribution in [1.29, 1.82) is 0 Å². The van der Waals surface area contributed by atoms with Crippen molar-refractivity contribution < 1.29 is 17.2 Å². The van der Waals surface area contributed by atoms with E-state index in [1.54, 1.807) is 18.2 Å². The van der Waals surface area contributed by atoms with Gasteiger partial charge in [-0.2, -0.15) is 0 Å². The molecule has 3 nitrogen and oxygen atoms in total. The zero-order valence-corrected chi connectivity index (χ0v) is 13.3. The van der Waals surface area contributed by atoms with E-state index >= 15 is 0 Å². The molecule has 2 aromatic carbocycles. The quantitative estimate of drug-likeness (QED) is 0.787. The lowest BCUT2D eigenvalue weighted by atomic mass is 10.2. The van der Waals surface area contributed by atoms with E-state index in [2.05, 4.69) is 27.3 Å². The highest BCUT2D eigenvalue weighted by atomic mass is 127. The highest BCUT2D eigenvalue weighted by Gasteiger charge is 2.20. The van der Waals surface area contributed by atoms with Gasteiger partial charge in [0.15, 0.2) is 0 Å². The van der Waals surface area contributed by atoms with E-state index in [-0.39, 0.29) is 0 Å². The van der Waals surface area contributed by atoms with Crippen molar-refractivity contribution in [3.05, 3.63) is 57.2 Å². The molecule has 0 atom stereocenters. The molecule has 0 radical (unpaired) electrons. The first-order chi connectivity index (χ1) is 9.29. The zero-order valence-electron chi connectivity index (χ0n) is 10.3. The number of rotatable bonds is 3. The van der Waals surface area contributed by atoms with Crippen LogP contribution in [0.25, 0.3) is 0 Å². The first-order valence-electron chi connectivity index (χ1n) is 5.53. The lowest BCUT2D eigenvalue weighted by molar-refractivity contribution is 0.555. The molecule has 0 aliphatic heterocycles. The second-order valence-electron chi connectivity index (χ2n) is 4.14. The zero-order chi connectivity index (χ0) is 14.9. The maximum absolute atomic E-state index is 13.5. The third-order valence-corrected chi connectivity index (χ3v) is 5.17. The molecular formula is C13H10F2INO2S. The highest BCUT2D eigenvalue weighted by molar-refractivity contribution is 14.1. The van der Waals surface area contributed by atoms with Crippen molar-refractivity contribution in [3.63, 3.8) is 0 Å². The summed E-state index contributed by atoms with van der Waals surface area (Å²) in [6.45, 7) is 1.88. The molecular weight excluding hydrogens is 399 g/mol. The third-order valence-electron chi connectivity index (χ3n) is 2.61. The van der Waals surface area contributed by atoms with E-state index in [0.717, 1.165) is 21.3 Å². The molecule has 0 unspecified atom stereocenters. The topological polar surface area (TPSA) is 46.2 Å². The molecule has 1 N–H and O–H groups in total. The van der Waals surface area contributed by atoms with Gasteiger partial charge in [-0.05, 0) is 65.4 Å². The van der Waals surface area contributed by atoms with Crippen LogP contribution in [0.3, 0.4) is 0 Å². The molecule has 0 saturated heterocycles. The predicted molar refractivity (Wildman–Crippen MR) is 81.1 cm³/mol. The van der Waals surface area contributed by atoms with Crippen LogP contribution in [-0.4, -0.2) is 8.42 Å². The number of anilines is 1. The van der Waals surface area contributed by atoms with Gasteiger partial charge in [-0.1, -0.05) is 6.07 Å². The summed E-state index contributed by atoms with van der Waals surface area (Å²) in [5.74, 6) is -1.81. The smallest absolute Gasteiger partial charge is 0.264 e. The lowest BCUT2D eigenvalue weighted by Crippen LogP contribution is -2.15. The Morgan fingerprint density at radius 2 is 1.80 bits per heavy atom. The fraction of sp³-hybridized carbons (Fsp3) is 0.0769. The number of nitrogens with one attached hydrogen (secondary N) is 1. The Labute approximate surface area is 129 Å². The van der Waals surface area contributed by atoms with Gasteiger partial charge in [0, 0.05) is 9.26 Å². The third kappa shape index (κ3) is 3.26. The van der Waals surface area contributed by atoms with E-state index in [1.807, 2.05) is 6.92 Å². The summed E-state index contributed by atoms with van der Waals surface area (Å²) in [5, 5.41) is 0. The number of hydrogen-bond donors (Lipinski definition) is 1. The standard InChI is InChI=1S/C13H10F2INO2S/c1-8-2-4-10(7-12(8)16)17-20(18,19)13-6-9(14)3-5-11(13)15/h2-7,17H,1H3. The van der Waals surface area contributed by atoms with Gasteiger partial charge in [0.05, 0.1) is 0 Å². The minimum absolute atomic E-state index is 0.295. The summed E-state index contributed by atoms with van der Waals surface area (Å²) in [6, 6.07) is 7.21. The second-order valence-corrected chi connectivity index (χ2v) is 6.96. The Kier molecular flexibility index (Phi) is 4.28. The van der Waals surface area contributed by atoms with Crippen molar-refractivity contribution in [1.82, 2.24) is 0 Å². The predicted octanol–water partition coefficient (Wildman–Crippen LogP) is 3.68. The van der Waals surface area contributed by atoms with Gasteiger partial charge in [0.2, 0.25) is 0 Å². The number of sulfonamides is 1. The van der Waals surface area contributed by atoms with Crippen LogP contribution in [-0.2, 0) is 10.0 Å². The summed E-state index contributed by atoms with van der Waals surface area (Å²) in [6.07, 6.45) is 0. The maximum atomic E-state index is 13.5. The van der Waals surface area contributed by atoms with E-state index in [1.165, 1.54) is 0 Å². The Morgan fingerprint density at radius 1 is 1.10 bits per heavy atom. The molecule has 0 fully saturated rings. The van der Waals surface area contributed by atoms with Gasteiger partial charge in [0.1, 0.15) is 16.5 Å². The monoisotopic (exact) mass is 409 g/mol. The van der Waals surface area contributed by atoms with Crippen LogP contribution in [0.5, 0.6) is 0 Å². The van der Waals surface area contributed by atoms with E-state index in [0.29, 0.717) is 11.8 Å². The van der Waals surface area contributed by atoms with E-state index in [4.69, 9.17) is 0 Å². The van der Waals surface area contributed by atoms with E-state index < -0.39 is 26.6 Å². The lowest BCUT2D eigenvalue weighted by Gasteiger charge is -2.10. The number of hydrogen-bond acceptors (Lipinski definition) is 2. The SMILES string of the molecule is Cc1ccc(NS(=O)(=O)c2cc(F)ccc2F)cc1I. The normalized spacial score (nSPS) is 11.4. The van der Waals surface area contributed by atoms with Crippen molar-refractivity contribution in [2.45, 2.75) is 11.8 Å². The fourth-order valence-corrected chi connectivity index (χ4v) is 3.20. The second kappa shape index (κ2) is 5.65. The molecule has 7 heteroatoms. The van der Waals surface area contributed by atoms with Gasteiger partial charge < -0.3 is 0 Å². The van der Waals surface area contributed by atoms with Crippen LogP contribution < -0.4 is 4.72 Å². The molecule has 2 rings (SSSR count). The number of halogens is 3. The summed E-state index contributed by atoms with van der Waals surface area (Å²) < 4.78 is 53.8. The van der Waals surface area contributed by atoms with Crippen LogP contribution in [0.2, 0.25) is 0 Å². The summed E-state index contributed by atoms with van der Waals surface area (Å²) in [7, 11) is -4.16. The van der Waals surface area contributed by atoms with Crippen LogP contribution in [0.1, 0.15) is 5.56 Å². The molecule has 20 heavy (non-hydrogen) atoms. The van der Waals surface area contributed by atoms with Crippen LogP contribution >= 0.6 is 22.6 Å². The molecule has 2 aromatic rings. The summed E-state index contributed by atoms with van der Waals surface area (Å²) in [4.78, 5) is -0.715. The Hall–Kier alpha value is -1.22. The van der Waals surface area contributed by atoms with Gasteiger partial charge in [-0.3, -0.25) is 4.72 Å². The van der Waals surface area contributed by atoms with Crippen LogP contribution in [0, 0.1) is 22.1 Å². The van der Waals surface area contributed by atoms with Crippen LogP contribution in [0.15, 0.2) is 41.3 Å². The molecule has 0 aliphatic carbocycles. The average Bonchev–Trinajstić information content (AvgIpc) is 2.36. The van der Waals surface area contributed by atoms with Crippen molar-refractivity contribution in [2.24, 2.45) is 0 Å². The molecule has 0 aromatic heterocycles. The van der Waals surface area contributed by atoms with Gasteiger partial charge >= 0.3 is 0 Å². The molecule has 0 heterocycles. The minimum Gasteiger partial charge on any atom is -0.280 e. The average molecular weight is 409 g/mol. The Bertz CT molecular complexity index is 763. The maximum Gasteiger partial charge on any atom is 0.264 e. The molecule has 0 aliphatic rings. The van der Waals surface area contributed by atoms with Gasteiger partial charge in [-0.25, -0.2) is 17.2 Å². The molecule has 0 bridgehead atoms. The van der Waals surface area contributed by atoms with Crippen molar-refractivity contribution in [2.75, 3.05) is 4.72 Å². The minimum atomic E-state index is -4.16. The van der Waals surface area contributed by atoms with Crippen LogP contribution in [0.4, 0.5) is 14.5 Å². The first kappa shape index (κ1) is 15.2. The Balaban J connectivity index is 2.40. The van der Waals surface area contributed by atoms with Crippen molar-refractivity contribution >= 4 is 38.3 Å². The summed E-state index contributed by atoms with van der Waals surface area (Å²) >= 11 is 2.06. The van der Waals surface area contributed by atoms with Gasteiger partial charge in [0.25, 0.3) is 10.0 Å². The number of aryl methyl sites for hydroxylation is 1. The van der Waals surface area contributed by atoms with Gasteiger partial charge in [-0.15, -0.1) is 0 Å². The fourth-order valence-electron chi connectivity index (χ4n) is 1.55. The summed E-state index contributed by atoms with van der Waals surface area (Å²) in [5.41, 5.74) is 1.29. The Morgan fingerprint density at radius 3 is 2.45 bits per heavy atom. The first-order valence-corrected chi connectivity index (χ1v) is 8.10. The molecule has 0 amide bonds. The molecule has 0 spiro atoms. The van der Waals surface area contributed by atoms with Crippen molar-refractivity contribution in [3.8, 4) is 0 Å². The largest absolute Gasteiger partial charge is 0.280 e. The van der Waals surface area contributed by atoms with E-state index in [9.17, 15) is 17.2 Å².